The SMILES string of the molecule is CN(C)S(=O)(=O)CCC(=O)Nc1n[nH]c2c1CCCC2. The van der Waals surface area contributed by atoms with E-state index in [0.29, 0.717) is 5.82 Å². The second-order valence-electron chi connectivity index (χ2n) is 5.13. The first-order valence-electron chi connectivity index (χ1n) is 6.66. The van der Waals surface area contributed by atoms with Gasteiger partial charge in [0.05, 0.1) is 5.75 Å². The lowest BCUT2D eigenvalue weighted by Crippen LogP contribution is -2.27. The molecule has 0 aliphatic heterocycles. The van der Waals surface area contributed by atoms with Crippen LogP contribution >= 0.6 is 0 Å². The van der Waals surface area contributed by atoms with Gasteiger partial charge in [0.25, 0.3) is 0 Å². The summed E-state index contributed by atoms with van der Waals surface area (Å²) >= 11 is 0. The minimum atomic E-state index is -3.35. The van der Waals surface area contributed by atoms with Crippen LogP contribution in [-0.4, -0.2) is 48.7 Å². The number of anilines is 1. The smallest absolute Gasteiger partial charge is 0.226 e. The van der Waals surface area contributed by atoms with Gasteiger partial charge < -0.3 is 5.32 Å². The van der Waals surface area contributed by atoms with Gasteiger partial charge in [0, 0.05) is 31.8 Å². The number of aryl methyl sites for hydroxylation is 1. The Balaban J connectivity index is 1.94. The van der Waals surface area contributed by atoms with E-state index < -0.39 is 10.0 Å². The molecule has 0 aromatic carbocycles. The second-order valence-corrected chi connectivity index (χ2v) is 7.44. The molecule has 1 aliphatic rings. The minimum Gasteiger partial charge on any atom is -0.309 e. The maximum Gasteiger partial charge on any atom is 0.226 e. The van der Waals surface area contributed by atoms with Crippen molar-refractivity contribution >= 4 is 21.7 Å². The van der Waals surface area contributed by atoms with E-state index in [2.05, 4.69) is 15.5 Å². The highest BCUT2D eigenvalue weighted by molar-refractivity contribution is 7.89. The van der Waals surface area contributed by atoms with Gasteiger partial charge >= 0.3 is 0 Å². The van der Waals surface area contributed by atoms with E-state index in [4.69, 9.17) is 0 Å². The largest absolute Gasteiger partial charge is 0.309 e. The van der Waals surface area contributed by atoms with Crippen LogP contribution in [0.5, 0.6) is 0 Å². The van der Waals surface area contributed by atoms with Crippen LogP contribution < -0.4 is 5.32 Å². The van der Waals surface area contributed by atoms with Gasteiger partial charge in [-0.2, -0.15) is 5.10 Å². The van der Waals surface area contributed by atoms with E-state index in [0.717, 1.165) is 41.2 Å². The van der Waals surface area contributed by atoms with Gasteiger partial charge in [0.15, 0.2) is 5.82 Å². The summed E-state index contributed by atoms with van der Waals surface area (Å²) < 4.78 is 24.3. The third-order valence-corrected chi connectivity index (χ3v) is 5.29. The summed E-state index contributed by atoms with van der Waals surface area (Å²) in [5.41, 5.74) is 2.13. The molecule has 0 bridgehead atoms. The fourth-order valence-electron chi connectivity index (χ4n) is 2.18. The fourth-order valence-corrected chi connectivity index (χ4v) is 2.99. The van der Waals surface area contributed by atoms with Crippen molar-refractivity contribution in [2.24, 2.45) is 0 Å². The molecule has 0 saturated carbocycles. The van der Waals surface area contributed by atoms with Gasteiger partial charge in [-0.15, -0.1) is 0 Å². The first kappa shape index (κ1) is 15.0. The normalized spacial score (nSPS) is 15.2. The lowest BCUT2D eigenvalue weighted by molar-refractivity contribution is -0.115. The molecule has 0 fully saturated rings. The lowest BCUT2D eigenvalue weighted by Gasteiger charge is -2.12. The van der Waals surface area contributed by atoms with Gasteiger partial charge in [-0.25, -0.2) is 12.7 Å². The number of carbonyl (C=O) groups is 1. The highest BCUT2D eigenvalue weighted by Crippen LogP contribution is 2.25. The van der Waals surface area contributed by atoms with Gasteiger partial charge in [-0.3, -0.25) is 9.89 Å². The number of aromatic nitrogens is 2. The number of rotatable bonds is 5. The standard InChI is InChI=1S/C12H20N4O3S/c1-16(2)20(18,19)8-7-11(17)13-12-9-5-3-4-6-10(9)14-15-12/h3-8H2,1-2H3,(H2,13,14,15,17). The van der Waals surface area contributed by atoms with Crippen LogP contribution in [0.2, 0.25) is 0 Å². The Morgan fingerprint density at radius 1 is 1.35 bits per heavy atom. The summed E-state index contributed by atoms with van der Waals surface area (Å²) in [4.78, 5) is 11.8. The molecule has 1 aromatic rings. The predicted molar refractivity (Wildman–Crippen MR) is 76.0 cm³/mol. The van der Waals surface area contributed by atoms with Crippen molar-refractivity contribution in [3.8, 4) is 0 Å². The quantitative estimate of drug-likeness (QED) is 0.828. The van der Waals surface area contributed by atoms with Gasteiger partial charge in [0.2, 0.25) is 15.9 Å². The maximum absolute atomic E-state index is 11.8. The number of hydrogen-bond donors (Lipinski definition) is 2. The van der Waals surface area contributed by atoms with Crippen LogP contribution in [0.4, 0.5) is 5.82 Å². The van der Waals surface area contributed by atoms with Crippen molar-refractivity contribution < 1.29 is 13.2 Å². The molecule has 0 spiro atoms. The first-order valence-corrected chi connectivity index (χ1v) is 8.27. The van der Waals surface area contributed by atoms with E-state index in [1.807, 2.05) is 0 Å². The number of fused-ring (bicyclic) bond motifs is 1. The topological polar surface area (TPSA) is 95.2 Å². The van der Waals surface area contributed by atoms with Crippen molar-refractivity contribution in [1.82, 2.24) is 14.5 Å². The molecule has 8 heteroatoms. The predicted octanol–water partition coefficient (Wildman–Crippen LogP) is 0.508. The summed E-state index contributed by atoms with van der Waals surface area (Å²) in [5, 5.41) is 9.73. The summed E-state index contributed by atoms with van der Waals surface area (Å²) in [6.07, 6.45) is 4.00. The molecule has 0 unspecified atom stereocenters. The summed E-state index contributed by atoms with van der Waals surface area (Å²) in [6, 6.07) is 0. The molecule has 1 amide bonds. The average Bonchev–Trinajstić information content (AvgIpc) is 2.80. The third-order valence-electron chi connectivity index (χ3n) is 3.46. The van der Waals surface area contributed by atoms with Gasteiger partial charge in [-0.1, -0.05) is 0 Å². The Morgan fingerprint density at radius 2 is 2.05 bits per heavy atom. The second kappa shape index (κ2) is 5.92. The van der Waals surface area contributed by atoms with E-state index in [1.54, 1.807) is 0 Å². The highest BCUT2D eigenvalue weighted by Gasteiger charge is 2.20. The molecular formula is C12H20N4O3S. The molecule has 2 N–H and O–H groups in total. The van der Waals surface area contributed by atoms with Crippen molar-refractivity contribution in [3.63, 3.8) is 0 Å². The summed E-state index contributed by atoms with van der Waals surface area (Å²) in [5.74, 6) is 0.0283. The number of aromatic amines is 1. The van der Waals surface area contributed by atoms with Crippen molar-refractivity contribution in [2.45, 2.75) is 32.1 Å². The molecule has 1 aliphatic carbocycles. The molecular weight excluding hydrogens is 280 g/mol. The first-order chi connectivity index (χ1) is 9.40. The molecule has 0 atom stereocenters. The average molecular weight is 300 g/mol. The van der Waals surface area contributed by atoms with E-state index in [1.165, 1.54) is 14.1 Å². The molecule has 0 radical (unpaired) electrons. The number of sulfonamides is 1. The minimum absolute atomic E-state index is 0.0673. The molecule has 0 saturated heterocycles. The number of nitrogens with zero attached hydrogens (tertiary/aromatic N) is 2. The zero-order valence-corrected chi connectivity index (χ0v) is 12.6. The Bertz CT molecular complexity index is 592. The number of hydrogen-bond acceptors (Lipinski definition) is 4. The molecule has 7 nitrogen and oxygen atoms in total. The fraction of sp³-hybridized carbons (Fsp3) is 0.667. The number of carbonyl (C=O) groups excluding carboxylic acids is 1. The van der Waals surface area contributed by atoms with E-state index >= 15 is 0 Å². The number of nitrogens with one attached hydrogen (secondary N) is 2. The Labute approximate surface area is 118 Å². The Hall–Kier alpha value is -1.41. The third kappa shape index (κ3) is 3.37. The van der Waals surface area contributed by atoms with Crippen LogP contribution in [0.3, 0.4) is 0 Å². The lowest BCUT2D eigenvalue weighted by atomic mass is 9.97. The van der Waals surface area contributed by atoms with E-state index in [-0.39, 0.29) is 18.1 Å². The van der Waals surface area contributed by atoms with Crippen LogP contribution in [0.15, 0.2) is 0 Å². The van der Waals surface area contributed by atoms with Gasteiger partial charge in [0.1, 0.15) is 0 Å². The number of H-pyrrole nitrogens is 1. The maximum atomic E-state index is 11.8. The van der Waals surface area contributed by atoms with E-state index in [9.17, 15) is 13.2 Å². The molecule has 1 aromatic heterocycles. The van der Waals surface area contributed by atoms with Crippen LogP contribution in [0.1, 0.15) is 30.5 Å². The van der Waals surface area contributed by atoms with Crippen molar-refractivity contribution in [1.29, 1.82) is 0 Å². The summed E-state index contributed by atoms with van der Waals surface area (Å²) in [7, 11) is -0.434. The molecule has 2 rings (SSSR count). The summed E-state index contributed by atoms with van der Waals surface area (Å²) in [6.45, 7) is 0. The molecule has 1 heterocycles. The van der Waals surface area contributed by atoms with Crippen LogP contribution in [0.25, 0.3) is 0 Å². The van der Waals surface area contributed by atoms with Gasteiger partial charge in [-0.05, 0) is 25.7 Å². The van der Waals surface area contributed by atoms with Crippen LogP contribution in [0, 0.1) is 0 Å². The Kier molecular flexibility index (Phi) is 4.44. The number of amides is 1. The zero-order chi connectivity index (χ0) is 14.8. The molecule has 112 valence electrons. The highest BCUT2D eigenvalue weighted by atomic mass is 32.2. The zero-order valence-electron chi connectivity index (χ0n) is 11.8. The van der Waals surface area contributed by atoms with Crippen molar-refractivity contribution in [3.05, 3.63) is 11.3 Å². The molecule has 20 heavy (non-hydrogen) atoms. The van der Waals surface area contributed by atoms with Crippen LogP contribution in [-0.2, 0) is 27.7 Å². The Morgan fingerprint density at radius 3 is 2.75 bits per heavy atom. The van der Waals surface area contributed by atoms with Crippen molar-refractivity contribution in [2.75, 3.05) is 25.2 Å². The monoisotopic (exact) mass is 300 g/mol.